The van der Waals surface area contributed by atoms with E-state index < -0.39 is 0 Å². The predicted octanol–water partition coefficient (Wildman–Crippen LogP) is 4.92. The van der Waals surface area contributed by atoms with E-state index in [-0.39, 0.29) is 11.8 Å². The third-order valence-electron chi connectivity index (χ3n) is 3.72. The first-order chi connectivity index (χ1) is 12.4. The number of amides is 2. The molecular weight excluding hydrogens is 370 g/mol. The van der Waals surface area contributed by atoms with E-state index in [0.717, 1.165) is 22.6 Å². The smallest absolute Gasteiger partial charge is 0.267 e. The Kier molecular flexibility index (Phi) is 5.35. The van der Waals surface area contributed by atoms with E-state index in [0.29, 0.717) is 26.3 Å². The van der Waals surface area contributed by atoms with Gasteiger partial charge >= 0.3 is 0 Å². The van der Waals surface area contributed by atoms with Crippen LogP contribution in [-0.4, -0.2) is 16.8 Å². The Morgan fingerprint density at radius 1 is 0.962 bits per heavy atom. The number of aromatic nitrogens is 1. The minimum Gasteiger partial charge on any atom is -0.321 e. The molecule has 1 heterocycles. The summed E-state index contributed by atoms with van der Waals surface area (Å²) in [6.07, 6.45) is 0. The largest absolute Gasteiger partial charge is 0.321 e. The summed E-state index contributed by atoms with van der Waals surface area (Å²) in [5.41, 5.74) is 2.75. The fraction of sp³-hybridized carbons (Fsp3) is 0.105. The molecule has 5 nitrogen and oxygen atoms in total. The number of nitrogens with zero attached hydrogens (tertiary/aromatic N) is 1. The summed E-state index contributed by atoms with van der Waals surface area (Å²) < 4.78 is 0. The molecule has 0 aliphatic carbocycles. The van der Waals surface area contributed by atoms with Gasteiger partial charge in [-0.15, -0.1) is 0 Å². The molecule has 0 aliphatic heterocycles. The van der Waals surface area contributed by atoms with Gasteiger partial charge in [0.25, 0.3) is 11.8 Å². The molecule has 2 N–H and O–H groups in total. The molecule has 0 unspecified atom stereocenters. The maximum atomic E-state index is 12.5. The summed E-state index contributed by atoms with van der Waals surface area (Å²) in [5.74, 6) is -0.553. The van der Waals surface area contributed by atoms with E-state index >= 15 is 0 Å². The van der Waals surface area contributed by atoms with Crippen molar-refractivity contribution < 1.29 is 9.59 Å². The Bertz CT molecular complexity index is 967. The van der Waals surface area contributed by atoms with Gasteiger partial charge in [-0.1, -0.05) is 41.1 Å². The van der Waals surface area contributed by atoms with Crippen LogP contribution in [0.5, 0.6) is 0 Å². The topological polar surface area (TPSA) is 71.1 Å². The molecule has 3 rings (SSSR count). The number of rotatable bonds is 4. The molecule has 26 heavy (non-hydrogen) atoms. The van der Waals surface area contributed by atoms with Crippen molar-refractivity contribution in [1.82, 2.24) is 4.98 Å². The number of carbonyl (C=O) groups excluding carboxylic acids is 2. The van der Waals surface area contributed by atoms with Crippen LogP contribution in [0, 0.1) is 13.8 Å². The van der Waals surface area contributed by atoms with Crippen LogP contribution >= 0.6 is 22.9 Å². The number of hydrogen-bond acceptors (Lipinski definition) is 4. The minimum absolute atomic E-state index is 0.249. The molecule has 2 aromatic carbocycles. The van der Waals surface area contributed by atoms with Gasteiger partial charge in [-0.25, -0.2) is 4.98 Å². The van der Waals surface area contributed by atoms with Gasteiger partial charge in [0.15, 0.2) is 5.13 Å². The van der Waals surface area contributed by atoms with Gasteiger partial charge in [-0.2, -0.15) is 0 Å². The van der Waals surface area contributed by atoms with Gasteiger partial charge in [0, 0.05) is 16.3 Å². The lowest BCUT2D eigenvalue weighted by Gasteiger charge is -2.06. The zero-order valence-electron chi connectivity index (χ0n) is 14.2. The number of para-hydroxylation sites is 1. The SMILES string of the molecule is Cc1ccccc1NC(=O)c1sc(NC(=O)c2ccc(Cl)cc2)nc1C. The van der Waals surface area contributed by atoms with E-state index in [4.69, 9.17) is 11.6 Å². The van der Waals surface area contributed by atoms with Crippen molar-refractivity contribution in [3.8, 4) is 0 Å². The first-order valence-corrected chi connectivity index (χ1v) is 9.05. The minimum atomic E-state index is -0.304. The van der Waals surface area contributed by atoms with Crippen molar-refractivity contribution in [1.29, 1.82) is 0 Å². The first-order valence-electron chi connectivity index (χ1n) is 7.85. The summed E-state index contributed by atoms with van der Waals surface area (Å²) in [4.78, 5) is 29.5. The monoisotopic (exact) mass is 385 g/mol. The Labute approximate surface area is 160 Å². The number of aryl methyl sites for hydroxylation is 2. The molecule has 0 saturated carbocycles. The quantitative estimate of drug-likeness (QED) is 0.669. The number of nitrogens with one attached hydrogen (secondary N) is 2. The maximum Gasteiger partial charge on any atom is 0.267 e. The second-order valence-electron chi connectivity index (χ2n) is 5.66. The summed E-state index contributed by atoms with van der Waals surface area (Å²) in [7, 11) is 0. The average molecular weight is 386 g/mol. The average Bonchev–Trinajstić information content (AvgIpc) is 2.98. The number of carbonyl (C=O) groups is 2. The van der Waals surface area contributed by atoms with Crippen molar-refractivity contribution >= 4 is 45.6 Å². The van der Waals surface area contributed by atoms with Gasteiger partial charge in [0.2, 0.25) is 0 Å². The third-order valence-corrected chi connectivity index (χ3v) is 5.05. The van der Waals surface area contributed by atoms with Crippen LogP contribution in [0.2, 0.25) is 5.02 Å². The number of hydrogen-bond donors (Lipinski definition) is 2. The molecule has 0 saturated heterocycles. The molecule has 0 fully saturated rings. The van der Waals surface area contributed by atoms with Crippen LogP contribution in [-0.2, 0) is 0 Å². The second-order valence-corrected chi connectivity index (χ2v) is 7.10. The van der Waals surface area contributed by atoms with Crippen LogP contribution < -0.4 is 10.6 Å². The predicted molar refractivity (Wildman–Crippen MR) is 105 cm³/mol. The van der Waals surface area contributed by atoms with Crippen molar-refractivity contribution in [3.63, 3.8) is 0 Å². The third kappa shape index (κ3) is 4.09. The number of halogens is 1. The van der Waals surface area contributed by atoms with Gasteiger partial charge in [-0.3, -0.25) is 14.9 Å². The van der Waals surface area contributed by atoms with Crippen molar-refractivity contribution in [3.05, 3.63) is 75.3 Å². The van der Waals surface area contributed by atoms with Gasteiger partial charge in [0.05, 0.1) is 5.69 Å². The van der Waals surface area contributed by atoms with Crippen LogP contribution in [0.1, 0.15) is 31.3 Å². The summed E-state index contributed by atoms with van der Waals surface area (Å²) in [5, 5.41) is 6.52. The van der Waals surface area contributed by atoms with Crippen molar-refractivity contribution in [2.75, 3.05) is 10.6 Å². The highest BCUT2D eigenvalue weighted by molar-refractivity contribution is 7.17. The molecular formula is C19H16ClN3O2S. The summed E-state index contributed by atoms with van der Waals surface area (Å²) >= 11 is 6.96. The lowest BCUT2D eigenvalue weighted by Crippen LogP contribution is -2.12. The first kappa shape index (κ1) is 18.1. The molecule has 2 amide bonds. The Hall–Kier alpha value is -2.70. The van der Waals surface area contributed by atoms with E-state index in [1.54, 1.807) is 31.2 Å². The summed E-state index contributed by atoms with van der Waals surface area (Å²) in [6.45, 7) is 3.66. The highest BCUT2D eigenvalue weighted by atomic mass is 35.5. The zero-order chi connectivity index (χ0) is 18.7. The Morgan fingerprint density at radius 3 is 2.35 bits per heavy atom. The fourth-order valence-electron chi connectivity index (χ4n) is 2.32. The number of benzene rings is 2. The second kappa shape index (κ2) is 7.68. The van der Waals surface area contributed by atoms with E-state index in [1.807, 2.05) is 31.2 Å². The standard InChI is InChI=1S/C19H16ClN3O2S/c1-11-5-3-4-6-15(11)22-18(25)16-12(2)21-19(26-16)23-17(24)13-7-9-14(20)10-8-13/h3-10H,1-2H3,(H,22,25)(H,21,23,24). The van der Waals surface area contributed by atoms with Crippen molar-refractivity contribution in [2.24, 2.45) is 0 Å². The normalized spacial score (nSPS) is 10.4. The molecule has 132 valence electrons. The lowest BCUT2D eigenvalue weighted by atomic mass is 10.2. The Balaban J connectivity index is 1.74. The van der Waals surface area contributed by atoms with Gasteiger partial charge < -0.3 is 5.32 Å². The molecule has 0 spiro atoms. The molecule has 0 aliphatic rings. The lowest BCUT2D eigenvalue weighted by molar-refractivity contribution is 0.102. The van der Waals surface area contributed by atoms with Crippen LogP contribution in [0.3, 0.4) is 0 Å². The molecule has 1 aromatic heterocycles. The van der Waals surface area contributed by atoms with E-state index in [1.165, 1.54) is 0 Å². The molecule has 0 atom stereocenters. The van der Waals surface area contributed by atoms with Crippen LogP contribution in [0.25, 0.3) is 0 Å². The highest BCUT2D eigenvalue weighted by Crippen LogP contribution is 2.25. The number of anilines is 2. The Morgan fingerprint density at radius 2 is 1.65 bits per heavy atom. The van der Waals surface area contributed by atoms with E-state index in [9.17, 15) is 9.59 Å². The number of thiazole rings is 1. The molecule has 7 heteroatoms. The van der Waals surface area contributed by atoms with Crippen molar-refractivity contribution in [2.45, 2.75) is 13.8 Å². The molecule has 0 radical (unpaired) electrons. The van der Waals surface area contributed by atoms with Gasteiger partial charge in [-0.05, 0) is 49.7 Å². The van der Waals surface area contributed by atoms with Crippen LogP contribution in [0.4, 0.5) is 10.8 Å². The summed E-state index contributed by atoms with van der Waals surface area (Å²) in [6, 6.07) is 14.1. The maximum absolute atomic E-state index is 12.5. The molecule has 0 bridgehead atoms. The zero-order valence-corrected chi connectivity index (χ0v) is 15.7. The fourth-order valence-corrected chi connectivity index (χ4v) is 3.31. The highest BCUT2D eigenvalue weighted by Gasteiger charge is 2.17. The van der Waals surface area contributed by atoms with Crippen LogP contribution in [0.15, 0.2) is 48.5 Å². The van der Waals surface area contributed by atoms with Gasteiger partial charge in [0.1, 0.15) is 4.88 Å². The van der Waals surface area contributed by atoms with E-state index in [2.05, 4.69) is 15.6 Å². The molecule has 3 aromatic rings.